The lowest BCUT2D eigenvalue weighted by atomic mass is 9.96. The molecule has 32 heavy (non-hydrogen) atoms. The number of benzene rings is 1. The topological polar surface area (TPSA) is 87.3 Å². The van der Waals surface area contributed by atoms with E-state index in [9.17, 15) is 5.11 Å². The van der Waals surface area contributed by atoms with Crippen LogP contribution >= 0.6 is 0 Å². The first-order valence-corrected chi connectivity index (χ1v) is 11.8. The maximum atomic E-state index is 9.76. The van der Waals surface area contributed by atoms with Gasteiger partial charge in [-0.15, -0.1) is 0 Å². The van der Waals surface area contributed by atoms with Gasteiger partial charge in [0.2, 0.25) is 5.95 Å². The number of aromatic nitrogens is 3. The van der Waals surface area contributed by atoms with E-state index in [-0.39, 0.29) is 12.6 Å². The van der Waals surface area contributed by atoms with Crippen LogP contribution in [0.25, 0.3) is 22.5 Å². The Balaban J connectivity index is 1.49. The summed E-state index contributed by atoms with van der Waals surface area (Å²) in [5.74, 6) is 1.45. The van der Waals surface area contributed by atoms with Crippen LogP contribution in [-0.2, 0) is 6.54 Å². The van der Waals surface area contributed by atoms with Crippen LogP contribution in [0.2, 0.25) is 0 Å². The van der Waals surface area contributed by atoms with Gasteiger partial charge in [-0.2, -0.15) is 0 Å². The Bertz CT molecular complexity index is 1020. The number of likely N-dealkylation sites (tertiary alicyclic amines) is 1. The summed E-state index contributed by atoms with van der Waals surface area (Å²) < 4.78 is 5.90. The second-order valence-electron chi connectivity index (χ2n) is 8.89. The molecule has 5 rings (SSSR count). The van der Waals surface area contributed by atoms with Crippen molar-refractivity contribution < 1.29 is 9.63 Å². The van der Waals surface area contributed by atoms with E-state index in [2.05, 4.69) is 20.4 Å². The first-order chi connectivity index (χ1) is 15.8. The van der Waals surface area contributed by atoms with Crippen LogP contribution in [0.15, 0.2) is 47.1 Å². The van der Waals surface area contributed by atoms with Crippen LogP contribution in [0.1, 0.15) is 50.7 Å². The van der Waals surface area contributed by atoms with Crippen molar-refractivity contribution in [3.8, 4) is 22.5 Å². The highest BCUT2D eigenvalue weighted by Gasteiger charge is 2.28. The van der Waals surface area contributed by atoms with Crippen LogP contribution in [0.5, 0.6) is 0 Å². The average molecular weight is 434 g/mol. The van der Waals surface area contributed by atoms with Gasteiger partial charge < -0.3 is 14.9 Å². The van der Waals surface area contributed by atoms with Crippen LogP contribution in [-0.4, -0.2) is 50.4 Å². The van der Waals surface area contributed by atoms with E-state index in [1.807, 2.05) is 42.6 Å². The minimum absolute atomic E-state index is 0.165. The molecule has 7 heteroatoms. The quantitative estimate of drug-likeness (QED) is 0.567. The molecule has 1 aromatic carbocycles. The maximum Gasteiger partial charge on any atom is 0.223 e. The molecule has 2 aromatic heterocycles. The molecule has 0 radical (unpaired) electrons. The summed E-state index contributed by atoms with van der Waals surface area (Å²) in [6.07, 6.45) is 10.1. The van der Waals surface area contributed by atoms with E-state index in [1.54, 1.807) is 0 Å². The van der Waals surface area contributed by atoms with Gasteiger partial charge in [-0.3, -0.25) is 4.90 Å². The zero-order chi connectivity index (χ0) is 21.8. The van der Waals surface area contributed by atoms with Crippen molar-refractivity contribution in [2.45, 2.75) is 63.6 Å². The number of aliphatic hydroxyl groups excluding tert-OH is 1. The fourth-order valence-corrected chi connectivity index (χ4v) is 4.98. The molecule has 1 aliphatic heterocycles. The van der Waals surface area contributed by atoms with E-state index in [4.69, 9.17) is 9.51 Å². The average Bonchev–Trinajstić information content (AvgIpc) is 3.47. The number of anilines is 1. The van der Waals surface area contributed by atoms with Crippen LogP contribution in [0.4, 0.5) is 5.95 Å². The van der Waals surface area contributed by atoms with Crippen molar-refractivity contribution in [1.29, 1.82) is 0 Å². The molecule has 0 amide bonds. The summed E-state index contributed by atoms with van der Waals surface area (Å²) in [7, 11) is 0. The largest absolute Gasteiger partial charge is 0.395 e. The fourth-order valence-electron chi connectivity index (χ4n) is 4.98. The zero-order valence-corrected chi connectivity index (χ0v) is 18.4. The van der Waals surface area contributed by atoms with Crippen LogP contribution in [0, 0.1) is 0 Å². The van der Waals surface area contributed by atoms with Crippen molar-refractivity contribution in [3.63, 3.8) is 0 Å². The number of nitrogens with one attached hydrogen (secondary N) is 1. The summed E-state index contributed by atoms with van der Waals surface area (Å²) >= 11 is 0. The van der Waals surface area contributed by atoms with Gasteiger partial charge in [0.1, 0.15) is 5.69 Å². The molecular weight excluding hydrogens is 402 g/mol. The number of aliphatic hydroxyl groups is 1. The summed E-state index contributed by atoms with van der Waals surface area (Å²) in [6.45, 7) is 1.72. The third kappa shape index (κ3) is 4.54. The van der Waals surface area contributed by atoms with Crippen molar-refractivity contribution in [1.82, 2.24) is 20.0 Å². The Kier molecular flexibility index (Phi) is 6.46. The minimum Gasteiger partial charge on any atom is -0.395 e. The Morgan fingerprint density at radius 1 is 1.03 bits per heavy atom. The molecule has 0 unspecified atom stereocenters. The SMILES string of the molecule is OC[C@@H]1CCCN1Cc1onc(-c2ccccc2)c1-c1ccnc(NC2CCCCC2)n1. The lowest BCUT2D eigenvalue weighted by molar-refractivity contribution is 0.143. The van der Waals surface area contributed by atoms with Crippen molar-refractivity contribution >= 4 is 5.95 Å². The first kappa shape index (κ1) is 21.1. The molecule has 1 saturated heterocycles. The number of hydrogen-bond donors (Lipinski definition) is 2. The van der Waals surface area contributed by atoms with Crippen LogP contribution < -0.4 is 5.32 Å². The number of hydrogen-bond acceptors (Lipinski definition) is 7. The van der Waals surface area contributed by atoms with Crippen molar-refractivity contribution in [2.24, 2.45) is 0 Å². The van der Waals surface area contributed by atoms with Crippen molar-refractivity contribution in [2.75, 3.05) is 18.5 Å². The van der Waals surface area contributed by atoms with Gasteiger partial charge in [0.25, 0.3) is 0 Å². The second kappa shape index (κ2) is 9.79. The molecule has 1 aliphatic carbocycles. The molecule has 0 spiro atoms. The Morgan fingerprint density at radius 3 is 2.69 bits per heavy atom. The Hall–Kier alpha value is -2.77. The smallest absolute Gasteiger partial charge is 0.223 e. The van der Waals surface area contributed by atoms with E-state index in [1.165, 1.54) is 32.1 Å². The fraction of sp³-hybridized carbons (Fsp3) is 0.480. The minimum atomic E-state index is 0.165. The highest BCUT2D eigenvalue weighted by molar-refractivity contribution is 5.80. The van der Waals surface area contributed by atoms with Gasteiger partial charge in [0, 0.05) is 23.8 Å². The Labute approximate surface area is 188 Å². The first-order valence-electron chi connectivity index (χ1n) is 11.8. The van der Waals surface area contributed by atoms with E-state index >= 15 is 0 Å². The molecule has 3 aromatic rings. The summed E-state index contributed by atoms with van der Waals surface area (Å²) in [5, 5.41) is 17.7. The van der Waals surface area contributed by atoms with Gasteiger partial charge in [-0.25, -0.2) is 9.97 Å². The standard InChI is InChI=1S/C25H31N5O2/c31-17-20-12-7-15-30(20)16-22-23(24(29-32-22)18-8-3-1-4-9-18)21-13-14-26-25(28-21)27-19-10-5-2-6-11-19/h1,3-4,8-9,13-14,19-20,31H,2,5-7,10-12,15-17H2,(H,26,27,28)/t20-/m0/s1. The normalized spacial score (nSPS) is 20.0. The van der Waals surface area contributed by atoms with Gasteiger partial charge >= 0.3 is 0 Å². The molecule has 2 fully saturated rings. The van der Waals surface area contributed by atoms with Gasteiger partial charge in [-0.1, -0.05) is 54.8 Å². The molecule has 168 valence electrons. The zero-order valence-electron chi connectivity index (χ0n) is 18.4. The lowest BCUT2D eigenvalue weighted by Crippen LogP contribution is -2.31. The predicted molar refractivity (Wildman–Crippen MR) is 124 cm³/mol. The Morgan fingerprint density at radius 2 is 1.88 bits per heavy atom. The van der Waals surface area contributed by atoms with E-state index in [0.29, 0.717) is 18.5 Å². The van der Waals surface area contributed by atoms with Crippen LogP contribution in [0.3, 0.4) is 0 Å². The predicted octanol–water partition coefficient (Wildman–Crippen LogP) is 4.50. The molecule has 2 aliphatic rings. The highest BCUT2D eigenvalue weighted by atomic mass is 16.5. The maximum absolute atomic E-state index is 9.76. The molecule has 1 atom stereocenters. The number of rotatable bonds is 7. The monoisotopic (exact) mass is 433 g/mol. The number of nitrogens with zero attached hydrogens (tertiary/aromatic N) is 4. The third-order valence-electron chi connectivity index (χ3n) is 6.72. The second-order valence-corrected chi connectivity index (χ2v) is 8.89. The summed E-state index contributed by atoms with van der Waals surface area (Å²) in [6, 6.07) is 12.6. The lowest BCUT2D eigenvalue weighted by Gasteiger charge is -2.23. The van der Waals surface area contributed by atoms with Gasteiger partial charge in [-0.05, 0) is 38.3 Å². The van der Waals surface area contributed by atoms with E-state index in [0.717, 1.165) is 47.7 Å². The summed E-state index contributed by atoms with van der Waals surface area (Å²) in [5.41, 5.74) is 3.52. The van der Waals surface area contributed by atoms with Gasteiger partial charge in [0.15, 0.2) is 5.76 Å². The highest BCUT2D eigenvalue weighted by Crippen LogP contribution is 2.35. The van der Waals surface area contributed by atoms with Gasteiger partial charge in [0.05, 0.1) is 24.4 Å². The summed E-state index contributed by atoms with van der Waals surface area (Å²) in [4.78, 5) is 11.6. The van der Waals surface area contributed by atoms with E-state index < -0.39 is 0 Å². The molecule has 2 N–H and O–H groups in total. The molecule has 3 heterocycles. The van der Waals surface area contributed by atoms with Crippen molar-refractivity contribution in [3.05, 3.63) is 48.4 Å². The molecule has 0 bridgehead atoms. The molecular formula is C25H31N5O2. The molecule has 7 nitrogen and oxygen atoms in total. The molecule has 1 saturated carbocycles. The third-order valence-corrected chi connectivity index (χ3v) is 6.72.